The first-order chi connectivity index (χ1) is 10.00. The van der Waals surface area contributed by atoms with E-state index in [1.165, 1.54) is 0 Å². The number of hydrogen-bond donors (Lipinski definition) is 3. The lowest BCUT2D eigenvalue weighted by atomic mass is 9.95. The molecule has 1 amide bonds. The molecule has 1 aromatic rings. The van der Waals surface area contributed by atoms with Gasteiger partial charge >= 0.3 is 0 Å². The summed E-state index contributed by atoms with van der Waals surface area (Å²) in [6.45, 7) is 4.25. The van der Waals surface area contributed by atoms with Gasteiger partial charge in [0.1, 0.15) is 0 Å². The van der Waals surface area contributed by atoms with Crippen LogP contribution in [0.2, 0.25) is 0 Å². The first-order valence-corrected chi connectivity index (χ1v) is 7.75. The van der Waals surface area contributed by atoms with Crippen LogP contribution in [0.4, 0.5) is 0 Å². The number of carbonyl (C=O) groups is 1. The SMILES string of the molecule is CCC(CC)C(O)CNC(=O)C1(O)Cc2ccccc2C1. The van der Waals surface area contributed by atoms with Gasteiger partial charge in [0.15, 0.2) is 5.60 Å². The number of rotatable bonds is 6. The molecule has 1 unspecified atom stereocenters. The van der Waals surface area contributed by atoms with Gasteiger partial charge in [-0.1, -0.05) is 51.0 Å². The molecule has 0 spiro atoms. The number of benzene rings is 1. The highest BCUT2D eigenvalue weighted by atomic mass is 16.3. The Kier molecular flexibility index (Phi) is 5.01. The molecule has 0 heterocycles. The highest BCUT2D eigenvalue weighted by molar-refractivity contribution is 5.86. The predicted octanol–water partition coefficient (Wildman–Crippen LogP) is 1.43. The molecular weight excluding hydrogens is 266 g/mol. The second kappa shape index (κ2) is 6.58. The molecule has 2 rings (SSSR count). The Morgan fingerprint density at radius 2 is 1.76 bits per heavy atom. The van der Waals surface area contributed by atoms with E-state index in [1.54, 1.807) is 0 Å². The lowest BCUT2D eigenvalue weighted by Crippen LogP contribution is -2.50. The van der Waals surface area contributed by atoms with E-state index in [1.807, 2.05) is 38.1 Å². The fourth-order valence-corrected chi connectivity index (χ4v) is 3.12. The van der Waals surface area contributed by atoms with Crippen molar-refractivity contribution >= 4 is 5.91 Å². The molecule has 0 aromatic heterocycles. The summed E-state index contributed by atoms with van der Waals surface area (Å²) in [5, 5.41) is 23.3. The topological polar surface area (TPSA) is 69.6 Å². The van der Waals surface area contributed by atoms with E-state index in [-0.39, 0.29) is 18.4 Å². The van der Waals surface area contributed by atoms with Crippen molar-refractivity contribution in [3.05, 3.63) is 35.4 Å². The average molecular weight is 291 g/mol. The summed E-state index contributed by atoms with van der Waals surface area (Å²) < 4.78 is 0. The molecular formula is C17H25NO3. The van der Waals surface area contributed by atoms with Crippen LogP contribution in [0.3, 0.4) is 0 Å². The van der Waals surface area contributed by atoms with Crippen LogP contribution in [-0.2, 0) is 17.6 Å². The van der Waals surface area contributed by atoms with Crippen molar-refractivity contribution in [1.82, 2.24) is 5.32 Å². The van der Waals surface area contributed by atoms with Crippen molar-refractivity contribution in [2.24, 2.45) is 5.92 Å². The number of fused-ring (bicyclic) bond motifs is 1. The fraction of sp³-hybridized carbons (Fsp3) is 0.588. The van der Waals surface area contributed by atoms with Crippen LogP contribution in [0.15, 0.2) is 24.3 Å². The molecule has 0 radical (unpaired) electrons. The molecule has 116 valence electrons. The third kappa shape index (κ3) is 3.44. The number of hydrogen-bond acceptors (Lipinski definition) is 3. The Hall–Kier alpha value is -1.39. The van der Waals surface area contributed by atoms with Crippen LogP contribution in [0.1, 0.15) is 37.8 Å². The first kappa shape index (κ1) is 16.0. The molecule has 4 nitrogen and oxygen atoms in total. The van der Waals surface area contributed by atoms with Gasteiger partial charge in [-0.25, -0.2) is 0 Å². The smallest absolute Gasteiger partial charge is 0.252 e. The van der Waals surface area contributed by atoms with Gasteiger partial charge in [-0.05, 0) is 17.0 Å². The largest absolute Gasteiger partial charge is 0.391 e. The van der Waals surface area contributed by atoms with Crippen molar-refractivity contribution in [3.63, 3.8) is 0 Å². The summed E-state index contributed by atoms with van der Waals surface area (Å²) in [5.41, 5.74) is 0.670. The van der Waals surface area contributed by atoms with Crippen molar-refractivity contribution in [3.8, 4) is 0 Å². The maximum Gasteiger partial charge on any atom is 0.252 e. The number of nitrogens with one attached hydrogen (secondary N) is 1. The maximum atomic E-state index is 12.3. The van der Waals surface area contributed by atoms with Gasteiger partial charge < -0.3 is 15.5 Å². The van der Waals surface area contributed by atoms with Crippen molar-refractivity contribution in [1.29, 1.82) is 0 Å². The molecule has 4 heteroatoms. The van der Waals surface area contributed by atoms with Gasteiger partial charge in [0.05, 0.1) is 6.10 Å². The monoisotopic (exact) mass is 291 g/mol. The molecule has 1 aliphatic rings. The second-order valence-electron chi connectivity index (χ2n) is 6.01. The highest BCUT2D eigenvalue weighted by Gasteiger charge is 2.41. The van der Waals surface area contributed by atoms with E-state index >= 15 is 0 Å². The van der Waals surface area contributed by atoms with E-state index in [0.29, 0.717) is 12.8 Å². The van der Waals surface area contributed by atoms with Crippen molar-refractivity contribution in [2.45, 2.75) is 51.2 Å². The van der Waals surface area contributed by atoms with Gasteiger partial charge in [-0.15, -0.1) is 0 Å². The molecule has 21 heavy (non-hydrogen) atoms. The molecule has 0 saturated carbocycles. The van der Waals surface area contributed by atoms with Crippen molar-refractivity contribution < 1.29 is 15.0 Å². The van der Waals surface area contributed by atoms with E-state index < -0.39 is 11.7 Å². The average Bonchev–Trinajstić information content (AvgIpc) is 2.83. The molecule has 1 aromatic carbocycles. The first-order valence-electron chi connectivity index (χ1n) is 7.75. The molecule has 0 saturated heterocycles. The van der Waals surface area contributed by atoms with Crippen LogP contribution in [0.25, 0.3) is 0 Å². The minimum Gasteiger partial charge on any atom is -0.391 e. The van der Waals surface area contributed by atoms with Crippen molar-refractivity contribution in [2.75, 3.05) is 6.54 Å². The van der Waals surface area contributed by atoms with Gasteiger partial charge in [-0.3, -0.25) is 4.79 Å². The molecule has 0 fully saturated rings. The van der Waals surface area contributed by atoms with Gasteiger partial charge in [0.2, 0.25) is 0 Å². The lowest BCUT2D eigenvalue weighted by molar-refractivity contribution is -0.139. The second-order valence-corrected chi connectivity index (χ2v) is 6.01. The Bertz CT molecular complexity index is 472. The predicted molar refractivity (Wildman–Crippen MR) is 81.9 cm³/mol. The van der Waals surface area contributed by atoms with Crippen LogP contribution in [0.5, 0.6) is 0 Å². The van der Waals surface area contributed by atoms with E-state index in [2.05, 4.69) is 5.32 Å². The molecule has 1 atom stereocenters. The summed E-state index contributed by atoms with van der Waals surface area (Å²) in [5.74, 6) is -0.204. The van der Waals surface area contributed by atoms with Gasteiger partial charge in [0, 0.05) is 19.4 Å². The van der Waals surface area contributed by atoms with E-state index in [4.69, 9.17) is 0 Å². The number of carbonyl (C=O) groups excluding carboxylic acids is 1. The number of aliphatic hydroxyl groups excluding tert-OH is 1. The highest BCUT2D eigenvalue weighted by Crippen LogP contribution is 2.30. The third-order valence-electron chi connectivity index (χ3n) is 4.57. The summed E-state index contributed by atoms with van der Waals surface area (Å²) in [4.78, 5) is 12.3. The molecule has 3 N–H and O–H groups in total. The van der Waals surface area contributed by atoms with Crippen LogP contribution in [0, 0.1) is 5.92 Å². The number of aliphatic hydroxyl groups is 2. The number of amides is 1. The van der Waals surface area contributed by atoms with Crippen LogP contribution in [-0.4, -0.2) is 34.4 Å². The molecule has 1 aliphatic carbocycles. The van der Waals surface area contributed by atoms with E-state index in [0.717, 1.165) is 24.0 Å². The Morgan fingerprint density at radius 1 is 1.24 bits per heavy atom. The standard InChI is InChI=1S/C17H25NO3/c1-3-12(4-2)15(19)11-18-16(20)17(21)9-13-7-5-6-8-14(13)10-17/h5-8,12,15,19,21H,3-4,9-11H2,1-2H3,(H,18,20). The Labute approximate surface area is 126 Å². The minimum atomic E-state index is -1.38. The summed E-state index contributed by atoms with van der Waals surface area (Å²) in [7, 11) is 0. The third-order valence-corrected chi connectivity index (χ3v) is 4.57. The molecule has 0 bridgehead atoms. The minimum absolute atomic E-state index is 0.181. The quantitative estimate of drug-likeness (QED) is 0.742. The summed E-state index contributed by atoms with van der Waals surface area (Å²) in [6.07, 6.45) is 1.88. The zero-order valence-corrected chi connectivity index (χ0v) is 12.8. The Morgan fingerprint density at radius 3 is 2.24 bits per heavy atom. The van der Waals surface area contributed by atoms with Crippen LogP contribution < -0.4 is 5.32 Å². The zero-order valence-electron chi connectivity index (χ0n) is 12.8. The lowest BCUT2D eigenvalue weighted by Gasteiger charge is -2.25. The van der Waals surface area contributed by atoms with E-state index in [9.17, 15) is 15.0 Å². The Balaban J connectivity index is 1.93. The summed E-state index contributed by atoms with van der Waals surface area (Å²) in [6, 6.07) is 7.72. The van der Waals surface area contributed by atoms with Gasteiger partial charge in [-0.2, -0.15) is 0 Å². The summed E-state index contributed by atoms with van der Waals surface area (Å²) >= 11 is 0. The van der Waals surface area contributed by atoms with Crippen LogP contribution >= 0.6 is 0 Å². The maximum absolute atomic E-state index is 12.3. The zero-order chi connectivity index (χ0) is 15.5. The normalized spacial score (nSPS) is 17.6. The molecule has 0 aliphatic heterocycles. The fourth-order valence-electron chi connectivity index (χ4n) is 3.12. The van der Waals surface area contributed by atoms with Gasteiger partial charge in [0.25, 0.3) is 5.91 Å².